The molecular formula is C22H27NO8. The number of hydrogen-bond acceptors (Lipinski definition) is 7. The van der Waals surface area contributed by atoms with Crippen LogP contribution in [0.15, 0.2) is 23.4 Å². The third kappa shape index (κ3) is 3.54. The highest BCUT2D eigenvalue weighted by atomic mass is 16.7. The fourth-order valence-electron chi connectivity index (χ4n) is 5.24. The molecule has 4 aliphatic heterocycles. The van der Waals surface area contributed by atoms with E-state index in [0.29, 0.717) is 37.8 Å². The summed E-state index contributed by atoms with van der Waals surface area (Å²) >= 11 is 0. The Labute approximate surface area is 180 Å². The van der Waals surface area contributed by atoms with Crippen LogP contribution < -0.4 is 0 Å². The molecule has 0 aromatic heterocycles. The van der Waals surface area contributed by atoms with Gasteiger partial charge in [-0.25, -0.2) is 9.59 Å². The Morgan fingerprint density at radius 3 is 2.65 bits per heavy atom. The number of carbonyl (C=O) groups is 4. The summed E-state index contributed by atoms with van der Waals surface area (Å²) in [6.07, 6.45) is 3.36. The average molecular weight is 433 g/mol. The molecule has 1 spiro atoms. The SMILES string of the molecule is CC[C@H]1[C@@H]2C(=O)N(/C(=C\C(=O)O)[C@@H]3C[C@H](C)C(=O)O3)CCC[C@H]2O[C@]12C=C(C)C(=O)O2. The molecule has 1 N–H and O–H groups in total. The number of carboxylic acids is 1. The summed E-state index contributed by atoms with van der Waals surface area (Å²) < 4.78 is 17.2. The molecule has 6 atom stereocenters. The molecule has 0 aromatic carbocycles. The zero-order chi connectivity index (χ0) is 22.5. The first-order valence-electron chi connectivity index (χ1n) is 10.7. The number of rotatable bonds is 4. The highest BCUT2D eigenvalue weighted by Gasteiger charge is 2.61. The van der Waals surface area contributed by atoms with E-state index in [2.05, 4.69) is 0 Å². The first-order chi connectivity index (χ1) is 14.7. The van der Waals surface area contributed by atoms with Gasteiger partial charge in [0.25, 0.3) is 0 Å². The topological polar surface area (TPSA) is 119 Å². The minimum absolute atomic E-state index is 0.182. The normalized spacial score (nSPS) is 38.1. The van der Waals surface area contributed by atoms with Crippen molar-refractivity contribution in [2.75, 3.05) is 6.54 Å². The lowest BCUT2D eigenvalue weighted by molar-refractivity contribution is -0.204. The lowest BCUT2D eigenvalue weighted by atomic mass is 9.81. The summed E-state index contributed by atoms with van der Waals surface area (Å²) in [5, 5.41) is 9.43. The molecule has 0 unspecified atom stereocenters. The van der Waals surface area contributed by atoms with Crippen molar-refractivity contribution in [3.8, 4) is 0 Å². The predicted octanol–water partition coefficient (Wildman–Crippen LogP) is 1.77. The fraction of sp³-hybridized carbons (Fsp3) is 0.636. The minimum atomic E-state index is -1.27. The molecule has 1 amide bonds. The Hall–Kier alpha value is -2.68. The number of carboxylic acid groups (broad SMARTS) is 1. The van der Waals surface area contributed by atoms with Gasteiger partial charge in [-0.05, 0) is 32.3 Å². The molecule has 4 heterocycles. The highest BCUT2D eigenvalue weighted by molar-refractivity contribution is 5.91. The van der Waals surface area contributed by atoms with Crippen molar-refractivity contribution < 1.29 is 38.5 Å². The summed E-state index contributed by atoms with van der Waals surface area (Å²) in [6, 6.07) is 0. The quantitative estimate of drug-likeness (QED) is 0.526. The van der Waals surface area contributed by atoms with Crippen LogP contribution in [0.1, 0.15) is 46.5 Å². The van der Waals surface area contributed by atoms with Gasteiger partial charge in [0.1, 0.15) is 6.10 Å². The molecular weight excluding hydrogens is 406 g/mol. The van der Waals surface area contributed by atoms with Crippen molar-refractivity contribution in [2.45, 2.75) is 64.4 Å². The van der Waals surface area contributed by atoms with Crippen LogP contribution in [-0.2, 0) is 33.4 Å². The van der Waals surface area contributed by atoms with Crippen LogP contribution in [0.25, 0.3) is 0 Å². The van der Waals surface area contributed by atoms with Gasteiger partial charge in [-0.15, -0.1) is 0 Å². The number of esters is 2. The third-order valence-electron chi connectivity index (χ3n) is 6.68. The molecule has 0 saturated carbocycles. The molecule has 0 bridgehead atoms. The average Bonchev–Trinajstić information content (AvgIpc) is 3.25. The van der Waals surface area contributed by atoms with Gasteiger partial charge in [0.15, 0.2) is 0 Å². The van der Waals surface area contributed by atoms with Crippen LogP contribution >= 0.6 is 0 Å². The van der Waals surface area contributed by atoms with E-state index in [1.165, 1.54) is 4.90 Å². The van der Waals surface area contributed by atoms with E-state index in [-0.39, 0.29) is 17.5 Å². The predicted molar refractivity (Wildman–Crippen MR) is 105 cm³/mol. The maximum atomic E-state index is 13.8. The van der Waals surface area contributed by atoms with Gasteiger partial charge in [0.05, 0.1) is 23.6 Å². The summed E-state index contributed by atoms with van der Waals surface area (Å²) in [6.45, 7) is 5.57. The Bertz CT molecular complexity index is 892. The lowest BCUT2D eigenvalue weighted by Crippen LogP contribution is -2.44. The molecule has 9 nitrogen and oxygen atoms in total. The van der Waals surface area contributed by atoms with Crippen molar-refractivity contribution in [1.82, 2.24) is 4.90 Å². The third-order valence-corrected chi connectivity index (χ3v) is 6.68. The highest BCUT2D eigenvalue weighted by Crippen LogP contribution is 2.50. The van der Waals surface area contributed by atoms with E-state index in [4.69, 9.17) is 14.2 Å². The maximum Gasteiger partial charge on any atom is 0.336 e. The van der Waals surface area contributed by atoms with Crippen molar-refractivity contribution in [2.24, 2.45) is 17.8 Å². The molecule has 3 saturated heterocycles. The van der Waals surface area contributed by atoms with E-state index in [1.54, 1.807) is 19.9 Å². The minimum Gasteiger partial charge on any atom is -0.478 e. The number of carbonyl (C=O) groups excluding carboxylic acids is 3. The smallest absolute Gasteiger partial charge is 0.336 e. The van der Waals surface area contributed by atoms with Crippen LogP contribution in [0, 0.1) is 17.8 Å². The van der Waals surface area contributed by atoms with E-state index in [9.17, 15) is 24.3 Å². The van der Waals surface area contributed by atoms with Crippen LogP contribution in [0.5, 0.6) is 0 Å². The summed E-state index contributed by atoms with van der Waals surface area (Å²) in [7, 11) is 0. The van der Waals surface area contributed by atoms with Gasteiger partial charge in [-0.1, -0.05) is 13.8 Å². The molecule has 0 aliphatic carbocycles. The van der Waals surface area contributed by atoms with Crippen molar-refractivity contribution >= 4 is 23.8 Å². The van der Waals surface area contributed by atoms with Gasteiger partial charge in [-0.3, -0.25) is 9.59 Å². The van der Waals surface area contributed by atoms with Gasteiger partial charge >= 0.3 is 17.9 Å². The Balaban J connectivity index is 1.69. The molecule has 4 rings (SSSR count). The Morgan fingerprint density at radius 1 is 1.35 bits per heavy atom. The number of hydrogen-bond donors (Lipinski definition) is 1. The molecule has 0 aromatic rings. The summed E-state index contributed by atoms with van der Waals surface area (Å²) in [5.74, 6) is -5.01. The van der Waals surface area contributed by atoms with Crippen molar-refractivity contribution in [3.05, 3.63) is 23.4 Å². The number of aliphatic carboxylic acids is 1. The first kappa shape index (κ1) is 21.5. The second kappa shape index (κ2) is 7.78. The summed E-state index contributed by atoms with van der Waals surface area (Å²) in [5.41, 5.74) is 0.624. The second-order valence-corrected chi connectivity index (χ2v) is 8.74. The molecule has 9 heteroatoms. The van der Waals surface area contributed by atoms with Crippen molar-refractivity contribution in [1.29, 1.82) is 0 Å². The number of ether oxygens (including phenoxy) is 3. The van der Waals surface area contributed by atoms with E-state index < -0.39 is 47.7 Å². The van der Waals surface area contributed by atoms with E-state index >= 15 is 0 Å². The lowest BCUT2D eigenvalue weighted by Gasteiger charge is -2.32. The van der Waals surface area contributed by atoms with Crippen LogP contribution in [0.2, 0.25) is 0 Å². The molecule has 168 valence electrons. The van der Waals surface area contributed by atoms with Gasteiger partial charge < -0.3 is 24.2 Å². The Morgan fingerprint density at radius 2 is 2.10 bits per heavy atom. The maximum absolute atomic E-state index is 13.8. The molecule has 31 heavy (non-hydrogen) atoms. The standard InChI is InChI=1S/C22H27NO8/c1-4-13-18-15(30-22(13)10-12(3)21(28)31-22)6-5-7-23(19(18)26)14(9-17(24)25)16-8-11(2)20(27)29-16/h9-11,13,15-16,18H,4-8H2,1-3H3,(H,24,25)/b14-9-/t11-,13-,15+,16-,18-,22-/m0/s1. The second-order valence-electron chi connectivity index (χ2n) is 8.74. The van der Waals surface area contributed by atoms with E-state index in [1.807, 2.05) is 6.92 Å². The zero-order valence-corrected chi connectivity index (χ0v) is 17.8. The van der Waals surface area contributed by atoms with Crippen molar-refractivity contribution in [3.63, 3.8) is 0 Å². The number of likely N-dealkylation sites (tertiary alicyclic amines) is 1. The largest absolute Gasteiger partial charge is 0.478 e. The van der Waals surface area contributed by atoms with Gasteiger partial charge in [0, 0.05) is 30.5 Å². The number of cyclic esters (lactones) is 1. The zero-order valence-electron chi connectivity index (χ0n) is 17.8. The van der Waals surface area contributed by atoms with Gasteiger partial charge in [-0.2, -0.15) is 0 Å². The molecule has 4 aliphatic rings. The number of fused-ring (bicyclic) bond motifs is 1. The molecule has 3 fully saturated rings. The fourth-order valence-corrected chi connectivity index (χ4v) is 5.24. The Kier molecular flexibility index (Phi) is 5.41. The monoisotopic (exact) mass is 433 g/mol. The first-order valence-corrected chi connectivity index (χ1v) is 10.7. The van der Waals surface area contributed by atoms with Crippen LogP contribution in [0.4, 0.5) is 0 Å². The summed E-state index contributed by atoms with van der Waals surface area (Å²) in [4.78, 5) is 50.8. The van der Waals surface area contributed by atoms with Crippen LogP contribution in [-0.4, -0.2) is 58.4 Å². The van der Waals surface area contributed by atoms with Crippen LogP contribution in [0.3, 0.4) is 0 Å². The van der Waals surface area contributed by atoms with Gasteiger partial charge in [0.2, 0.25) is 11.7 Å². The molecule has 0 radical (unpaired) electrons. The number of amides is 1. The number of nitrogens with zero attached hydrogens (tertiary/aromatic N) is 1. The van der Waals surface area contributed by atoms with E-state index in [0.717, 1.165) is 6.08 Å².